The van der Waals surface area contributed by atoms with Gasteiger partial charge in [-0.15, -0.1) is 0 Å². The van der Waals surface area contributed by atoms with Crippen LogP contribution in [-0.2, 0) is 0 Å². The first-order chi connectivity index (χ1) is 12.7. The summed E-state index contributed by atoms with van der Waals surface area (Å²) in [6, 6.07) is 15.6. The smallest absolute Gasteiger partial charge is 0.289 e. The van der Waals surface area contributed by atoms with E-state index in [1.165, 1.54) is 0 Å². The van der Waals surface area contributed by atoms with Crippen molar-refractivity contribution >= 4 is 11.7 Å². The zero-order valence-corrected chi connectivity index (χ0v) is 14.6. The Morgan fingerprint density at radius 2 is 1.77 bits per heavy atom. The Morgan fingerprint density at radius 1 is 1.00 bits per heavy atom. The van der Waals surface area contributed by atoms with E-state index in [1.54, 1.807) is 12.4 Å². The second-order valence-corrected chi connectivity index (χ2v) is 6.32. The van der Waals surface area contributed by atoms with Crippen LogP contribution in [-0.4, -0.2) is 47.0 Å². The lowest BCUT2D eigenvalue weighted by Gasteiger charge is -2.35. The highest BCUT2D eigenvalue weighted by molar-refractivity contribution is 5.91. The number of hydrogen-bond donors (Lipinski definition) is 0. The second-order valence-electron chi connectivity index (χ2n) is 6.32. The quantitative estimate of drug-likeness (QED) is 0.728. The number of furan rings is 1. The van der Waals surface area contributed by atoms with Gasteiger partial charge in [0.2, 0.25) is 0 Å². The lowest BCUT2D eigenvalue weighted by molar-refractivity contribution is 0.0713. The van der Waals surface area contributed by atoms with Gasteiger partial charge < -0.3 is 14.2 Å². The number of benzene rings is 1. The third-order valence-corrected chi connectivity index (χ3v) is 4.56. The molecule has 132 valence electrons. The molecule has 2 aromatic heterocycles. The van der Waals surface area contributed by atoms with Crippen LogP contribution in [0.25, 0.3) is 11.3 Å². The maximum Gasteiger partial charge on any atom is 0.289 e. The Morgan fingerprint density at radius 3 is 2.46 bits per heavy atom. The van der Waals surface area contributed by atoms with Crippen molar-refractivity contribution in [2.75, 3.05) is 31.1 Å². The van der Waals surface area contributed by atoms with E-state index in [1.807, 2.05) is 54.3 Å². The van der Waals surface area contributed by atoms with E-state index in [4.69, 9.17) is 4.42 Å². The average Bonchev–Trinajstić information content (AvgIpc) is 3.15. The van der Waals surface area contributed by atoms with Gasteiger partial charge in [0.1, 0.15) is 17.9 Å². The van der Waals surface area contributed by atoms with Crippen LogP contribution in [0.2, 0.25) is 0 Å². The zero-order chi connectivity index (χ0) is 17.9. The fourth-order valence-electron chi connectivity index (χ4n) is 3.13. The molecule has 6 nitrogen and oxygen atoms in total. The summed E-state index contributed by atoms with van der Waals surface area (Å²) in [6.07, 6.45) is 1.60. The van der Waals surface area contributed by atoms with Crippen LogP contribution in [0.5, 0.6) is 0 Å². The molecule has 0 saturated carbocycles. The minimum atomic E-state index is -0.0505. The molecule has 1 saturated heterocycles. The van der Waals surface area contributed by atoms with Gasteiger partial charge in [0.15, 0.2) is 5.76 Å². The maximum absolute atomic E-state index is 12.5. The molecule has 3 heterocycles. The number of carbonyl (C=O) groups is 1. The Hall–Kier alpha value is -3.15. The second kappa shape index (κ2) is 7.00. The largest absolute Gasteiger partial charge is 0.456 e. The SMILES string of the molecule is Cc1ccc(C(=O)N2CCN(c3cc(-c4ccccc4)ncn3)CC2)o1. The number of aryl methyl sites for hydroxylation is 1. The third-order valence-electron chi connectivity index (χ3n) is 4.56. The lowest BCUT2D eigenvalue weighted by Crippen LogP contribution is -2.49. The Kier molecular flexibility index (Phi) is 4.39. The van der Waals surface area contributed by atoms with E-state index < -0.39 is 0 Å². The van der Waals surface area contributed by atoms with E-state index in [0.717, 1.165) is 35.9 Å². The van der Waals surface area contributed by atoms with Crippen molar-refractivity contribution < 1.29 is 9.21 Å². The monoisotopic (exact) mass is 348 g/mol. The van der Waals surface area contributed by atoms with Gasteiger partial charge >= 0.3 is 0 Å². The third kappa shape index (κ3) is 3.31. The van der Waals surface area contributed by atoms with Crippen LogP contribution in [0.15, 0.2) is 59.3 Å². The predicted octanol–water partition coefficient (Wildman–Crippen LogP) is 3.01. The molecular weight excluding hydrogens is 328 g/mol. The van der Waals surface area contributed by atoms with Gasteiger partial charge in [-0.3, -0.25) is 4.79 Å². The molecule has 3 aromatic rings. The summed E-state index contributed by atoms with van der Waals surface area (Å²) in [6.45, 7) is 4.59. The molecule has 0 atom stereocenters. The van der Waals surface area contributed by atoms with E-state index in [2.05, 4.69) is 14.9 Å². The highest BCUT2D eigenvalue weighted by Gasteiger charge is 2.24. The lowest BCUT2D eigenvalue weighted by atomic mass is 10.1. The highest BCUT2D eigenvalue weighted by Crippen LogP contribution is 2.21. The molecule has 0 bridgehead atoms. The first kappa shape index (κ1) is 16.3. The van der Waals surface area contributed by atoms with Gasteiger partial charge in [-0.05, 0) is 19.1 Å². The van der Waals surface area contributed by atoms with Crippen LogP contribution in [0.4, 0.5) is 5.82 Å². The van der Waals surface area contributed by atoms with Crippen LogP contribution >= 0.6 is 0 Å². The van der Waals surface area contributed by atoms with Gasteiger partial charge in [0, 0.05) is 37.8 Å². The predicted molar refractivity (Wildman–Crippen MR) is 99.0 cm³/mol. The summed E-state index contributed by atoms with van der Waals surface area (Å²) < 4.78 is 5.45. The molecular formula is C20H20N4O2. The summed E-state index contributed by atoms with van der Waals surface area (Å²) in [5.41, 5.74) is 1.97. The molecule has 0 spiro atoms. The topological polar surface area (TPSA) is 62.5 Å². The van der Waals surface area contributed by atoms with Crippen LogP contribution in [0.1, 0.15) is 16.3 Å². The molecule has 0 radical (unpaired) electrons. The van der Waals surface area contributed by atoms with E-state index in [9.17, 15) is 4.79 Å². The number of anilines is 1. The minimum Gasteiger partial charge on any atom is -0.456 e. The normalized spacial score (nSPS) is 14.5. The van der Waals surface area contributed by atoms with Crippen molar-refractivity contribution in [3.8, 4) is 11.3 Å². The molecule has 1 amide bonds. The average molecular weight is 348 g/mol. The summed E-state index contributed by atoms with van der Waals surface area (Å²) in [5, 5.41) is 0. The summed E-state index contributed by atoms with van der Waals surface area (Å²) in [7, 11) is 0. The number of carbonyl (C=O) groups excluding carboxylic acids is 1. The molecule has 1 aliphatic rings. The molecule has 6 heteroatoms. The number of nitrogens with zero attached hydrogens (tertiary/aromatic N) is 4. The highest BCUT2D eigenvalue weighted by atomic mass is 16.3. The molecule has 1 fully saturated rings. The number of amides is 1. The van der Waals surface area contributed by atoms with Gasteiger partial charge in [-0.2, -0.15) is 0 Å². The van der Waals surface area contributed by atoms with Crippen LogP contribution < -0.4 is 4.90 Å². The first-order valence-electron chi connectivity index (χ1n) is 8.69. The number of aromatic nitrogens is 2. The Labute approximate surface area is 152 Å². The van der Waals surface area contributed by atoms with Gasteiger partial charge in [-0.25, -0.2) is 9.97 Å². The standard InChI is InChI=1S/C20H20N4O2/c1-15-7-8-18(26-15)20(25)24-11-9-23(10-12-24)19-13-17(21-14-22-19)16-5-3-2-4-6-16/h2-8,13-14H,9-12H2,1H3. The van der Waals surface area contributed by atoms with Crippen molar-refractivity contribution in [2.45, 2.75) is 6.92 Å². The van der Waals surface area contributed by atoms with Crippen molar-refractivity contribution in [1.82, 2.24) is 14.9 Å². The molecule has 0 aliphatic carbocycles. The van der Waals surface area contributed by atoms with Gasteiger partial charge in [0.05, 0.1) is 5.69 Å². The van der Waals surface area contributed by atoms with E-state index in [0.29, 0.717) is 18.8 Å². The molecule has 0 N–H and O–H groups in total. The van der Waals surface area contributed by atoms with Crippen molar-refractivity contribution in [3.63, 3.8) is 0 Å². The summed E-state index contributed by atoms with van der Waals surface area (Å²) in [4.78, 5) is 25.3. The number of rotatable bonds is 3. The van der Waals surface area contributed by atoms with Gasteiger partial charge in [0.25, 0.3) is 5.91 Å². The zero-order valence-electron chi connectivity index (χ0n) is 14.6. The Bertz CT molecular complexity index is 899. The molecule has 26 heavy (non-hydrogen) atoms. The number of piperazine rings is 1. The van der Waals surface area contributed by atoms with Crippen molar-refractivity contribution in [3.05, 3.63) is 66.4 Å². The van der Waals surface area contributed by atoms with E-state index in [-0.39, 0.29) is 5.91 Å². The molecule has 4 rings (SSSR count). The minimum absolute atomic E-state index is 0.0505. The first-order valence-corrected chi connectivity index (χ1v) is 8.69. The summed E-state index contributed by atoms with van der Waals surface area (Å²) in [5.74, 6) is 2.00. The fraction of sp³-hybridized carbons (Fsp3) is 0.250. The van der Waals surface area contributed by atoms with Crippen molar-refractivity contribution in [1.29, 1.82) is 0 Å². The summed E-state index contributed by atoms with van der Waals surface area (Å²) >= 11 is 0. The molecule has 1 aliphatic heterocycles. The number of hydrogen-bond acceptors (Lipinski definition) is 5. The molecule has 1 aromatic carbocycles. The van der Waals surface area contributed by atoms with Gasteiger partial charge in [-0.1, -0.05) is 30.3 Å². The maximum atomic E-state index is 12.5. The fourth-order valence-corrected chi connectivity index (χ4v) is 3.13. The van der Waals surface area contributed by atoms with Crippen LogP contribution in [0, 0.1) is 6.92 Å². The van der Waals surface area contributed by atoms with E-state index >= 15 is 0 Å². The van der Waals surface area contributed by atoms with Crippen LogP contribution in [0.3, 0.4) is 0 Å². The Balaban J connectivity index is 1.44. The molecule has 0 unspecified atom stereocenters. The van der Waals surface area contributed by atoms with Crippen molar-refractivity contribution in [2.24, 2.45) is 0 Å².